The van der Waals surface area contributed by atoms with E-state index in [-0.39, 0.29) is 11.7 Å². The number of nitrogens with zero attached hydrogens (tertiary/aromatic N) is 1. The highest BCUT2D eigenvalue weighted by Crippen LogP contribution is 2.29. The number of furan rings is 1. The molecule has 2 N–H and O–H groups in total. The standard InChI is InChI=1S/C15H13N3O3/c1-20-12-6-3-2-5-10(12)11-9-14(18-17-11)16-15(19)13-7-4-8-21-13/h2-9H,1H3,(H2,16,17,18,19). The highest BCUT2D eigenvalue weighted by molar-refractivity contribution is 6.01. The summed E-state index contributed by atoms with van der Waals surface area (Å²) >= 11 is 0. The maximum absolute atomic E-state index is 11.9. The van der Waals surface area contributed by atoms with E-state index in [1.165, 1.54) is 6.26 Å². The number of aromatic amines is 1. The summed E-state index contributed by atoms with van der Waals surface area (Å²) in [6.07, 6.45) is 1.44. The van der Waals surface area contributed by atoms with Crippen molar-refractivity contribution in [3.8, 4) is 17.0 Å². The van der Waals surface area contributed by atoms with Gasteiger partial charge in [-0.2, -0.15) is 5.10 Å². The monoisotopic (exact) mass is 283 g/mol. The zero-order valence-electron chi connectivity index (χ0n) is 11.3. The normalized spacial score (nSPS) is 10.3. The number of benzene rings is 1. The zero-order chi connectivity index (χ0) is 14.7. The van der Waals surface area contributed by atoms with Crippen LogP contribution in [0, 0.1) is 0 Å². The first-order valence-corrected chi connectivity index (χ1v) is 6.31. The molecule has 0 bridgehead atoms. The van der Waals surface area contributed by atoms with Crippen LogP contribution in [0.2, 0.25) is 0 Å². The van der Waals surface area contributed by atoms with Crippen molar-refractivity contribution >= 4 is 11.7 Å². The van der Waals surface area contributed by atoms with Crippen LogP contribution in [-0.2, 0) is 0 Å². The summed E-state index contributed by atoms with van der Waals surface area (Å²) in [5.41, 5.74) is 1.62. The average Bonchev–Trinajstić information content (AvgIpc) is 3.18. The van der Waals surface area contributed by atoms with E-state index >= 15 is 0 Å². The number of hydrogen-bond acceptors (Lipinski definition) is 4. The second-order valence-electron chi connectivity index (χ2n) is 4.30. The predicted molar refractivity (Wildman–Crippen MR) is 77.2 cm³/mol. The Kier molecular flexibility index (Phi) is 3.42. The van der Waals surface area contributed by atoms with Crippen LogP contribution in [0.4, 0.5) is 5.82 Å². The van der Waals surface area contributed by atoms with Crippen LogP contribution < -0.4 is 10.1 Å². The van der Waals surface area contributed by atoms with Gasteiger partial charge >= 0.3 is 0 Å². The summed E-state index contributed by atoms with van der Waals surface area (Å²) < 4.78 is 10.3. The van der Waals surface area contributed by atoms with Gasteiger partial charge in [0.25, 0.3) is 5.91 Å². The van der Waals surface area contributed by atoms with E-state index in [4.69, 9.17) is 9.15 Å². The highest BCUT2D eigenvalue weighted by atomic mass is 16.5. The molecule has 0 spiro atoms. The first kappa shape index (κ1) is 13.0. The lowest BCUT2D eigenvalue weighted by atomic mass is 10.1. The van der Waals surface area contributed by atoms with E-state index < -0.39 is 0 Å². The molecule has 106 valence electrons. The lowest BCUT2D eigenvalue weighted by molar-refractivity contribution is 0.0996. The minimum absolute atomic E-state index is 0.233. The van der Waals surface area contributed by atoms with Crippen LogP contribution in [0.25, 0.3) is 11.3 Å². The molecule has 0 atom stereocenters. The van der Waals surface area contributed by atoms with Crippen LogP contribution in [0.3, 0.4) is 0 Å². The number of para-hydroxylation sites is 1. The van der Waals surface area contributed by atoms with Crippen molar-refractivity contribution in [1.82, 2.24) is 10.2 Å². The number of amides is 1. The van der Waals surface area contributed by atoms with Gasteiger partial charge < -0.3 is 14.5 Å². The number of ether oxygens (including phenoxy) is 1. The summed E-state index contributed by atoms with van der Waals surface area (Å²) in [5, 5.41) is 9.59. The maximum atomic E-state index is 11.9. The Balaban J connectivity index is 1.82. The van der Waals surface area contributed by atoms with Crippen molar-refractivity contribution in [2.75, 3.05) is 12.4 Å². The number of methoxy groups -OCH3 is 1. The van der Waals surface area contributed by atoms with Gasteiger partial charge in [-0.25, -0.2) is 0 Å². The number of H-pyrrole nitrogens is 1. The predicted octanol–water partition coefficient (Wildman–Crippen LogP) is 2.93. The summed E-state index contributed by atoms with van der Waals surface area (Å²) in [4.78, 5) is 11.9. The van der Waals surface area contributed by atoms with Crippen molar-refractivity contribution in [1.29, 1.82) is 0 Å². The molecule has 0 saturated heterocycles. The number of nitrogens with one attached hydrogen (secondary N) is 2. The first-order valence-electron chi connectivity index (χ1n) is 6.31. The fraction of sp³-hybridized carbons (Fsp3) is 0.0667. The molecule has 3 rings (SSSR count). The van der Waals surface area contributed by atoms with Crippen molar-refractivity contribution < 1.29 is 13.9 Å². The van der Waals surface area contributed by atoms with Gasteiger partial charge in [-0.3, -0.25) is 9.89 Å². The molecule has 0 unspecified atom stereocenters. The molecule has 0 radical (unpaired) electrons. The van der Waals surface area contributed by atoms with Crippen molar-refractivity contribution in [2.24, 2.45) is 0 Å². The largest absolute Gasteiger partial charge is 0.496 e. The molecule has 1 aromatic carbocycles. The third-order valence-electron chi connectivity index (χ3n) is 2.96. The molecule has 0 aliphatic rings. The Morgan fingerprint density at radius 2 is 2.14 bits per heavy atom. The molecule has 0 saturated carbocycles. The summed E-state index contributed by atoms with van der Waals surface area (Å²) in [6.45, 7) is 0. The van der Waals surface area contributed by atoms with E-state index in [1.807, 2.05) is 24.3 Å². The van der Waals surface area contributed by atoms with Gasteiger partial charge in [0.05, 0.1) is 19.1 Å². The quantitative estimate of drug-likeness (QED) is 0.771. The molecular formula is C15H13N3O3. The fourth-order valence-electron chi connectivity index (χ4n) is 1.98. The Bertz CT molecular complexity index is 747. The molecule has 2 aromatic heterocycles. The van der Waals surface area contributed by atoms with Gasteiger partial charge in [0.1, 0.15) is 5.75 Å². The van der Waals surface area contributed by atoms with Gasteiger partial charge in [0.15, 0.2) is 11.6 Å². The van der Waals surface area contributed by atoms with Crippen LogP contribution in [0.15, 0.2) is 53.1 Å². The average molecular weight is 283 g/mol. The Morgan fingerprint density at radius 1 is 1.29 bits per heavy atom. The smallest absolute Gasteiger partial charge is 0.292 e. The Labute approximate surface area is 120 Å². The number of anilines is 1. The van der Waals surface area contributed by atoms with Crippen molar-refractivity contribution in [2.45, 2.75) is 0 Å². The highest BCUT2D eigenvalue weighted by Gasteiger charge is 2.12. The zero-order valence-corrected chi connectivity index (χ0v) is 11.3. The molecule has 21 heavy (non-hydrogen) atoms. The molecule has 0 aliphatic carbocycles. The minimum Gasteiger partial charge on any atom is -0.496 e. The maximum Gasteiger partial charge on any atom is 0.292 e. The van der Waals surface area contributed by atoms with E-state index in [1.54, 1.807) is 25.3 Å². The lowest BCUT2D eigenvalue weighted by Gasteiger charge is -2.04. The number of aromatic nitrogens is 2. The molecule has 0 fully saturated rings. The third-order valence-corrected chi connectivity index (χ3v) is 2.96. The van der Waals surface area contributed by atoms with Gasteiger partial charge in [-0.05, 0) is 24.3 Å². The molecular weight excluding hydrogens is 270 g/mol. The fourth-order valence-corrected chi connectivity index (χ4v) is 1.98. The van der Waals surface area contributed by atoms with Gasteiger partial charge in [-0.15, -0.1) is 0 Å². The molecule has 2 heterocycles. The van der Waals surface area contributed by atoms with Crippen LogP contribution in [0.5, 0.6) is 5.75 Å². The number of carbonyl (C=O) groups is 1. The van der Waals surface area contributed by atoms with Crippen LogP contribution in [-0.4, -0.2) is 23.2 Å². The van der Waals surface area contributed by atoms with Crippen LogP contribution in [0.1, 0.15) is 10.6 Å². The van der Waals surface area contributed by atoms with Gasteiger partial charge in [-0.1, -0.05) is 12.1 Å². The Morgan fingerprint density at radius 3 is 2.90 bits per heavy atom. The van der Waals surface area contributed by atoms with Crippen LogP contribution >= 0.6 is 0 Å². The van der Waals surface area contributed by atoms with Gasteiger partial charge in [0.2, 0.25) is 0 Å². The summed E-state index contributed by atoms with van der Waals surface area (Å²) in [7, 11) is 1.61. The second kappa shape index (κ2) is 5.54. The topological polar surface area (TPSA) is 80.2 Å². The molecule has 6 heteroatoms. The van der Waals surface area contributed by atoms with Crippen molar-refractivity contribution in [3.05, 3.63) is 54.5 Å². The number of rotatable bonds is 4. The lowest BCUT2D eigenvalue weighted by Crippen LogP contribution is -2.10. The van der Waals surface area contributed by atoms with E-state index in [0.29, 0.717) is 5.82 Å². The number of carbonyl (C=O) groups excluding carboxylic acids is 1. The summed E-state index contributed by atoms with van der Waals surface area (Å²) in [5.74, 6) is 1.03. The summed E-state index contributed by atoms with van der Waals surface area (Å²) in [6, 6.07) is 12.5. The van der Waals surface area contributed by atoms with Gasteiger partial charge in [0, 0.05) is 11.6 Å². The molecule has 1 amide bonds. The molecule has 3 aromatic rings. The molecule has 6 nitrogen and oxygen atoms in total. The van der Waals surface area contributed by atoms with E-state index in [9.17, 15) is 4.79 Å². The van der Waals surface area contributed by atoms with Crippen molar-refractivity contribution in [3.63, 3.8) is 0 Å². The second-order valence-corrected chi connectivity index (χ2v) is 4.30. The molecule has 0 aliphatic heterocycles. The minimum atomic E-state index is -0.349. The Hall–Kier alpha value is -3.02. The third kappa shape index (κ3) is 2.64. The van der Waals surface area contributed by atoms with E-state index in [2.05, 4.69) is 15.5 Å². The van der Waals surface area contributed by atoms with E-state index in [0.717, 1.165) is 17.0 Å². The number of hydrogen-bond donors (Lipinski definition) is 2. The first-order chi connectivity index (χ1) is 10.3. The SMILES string of the molecule is COc1ccccc1-c1cc(NC(=O)c2ccco2)n[nH]1.